The maximum Gasteiger partial charge on any atom is 0.187 e. The normalized spacial score (nSPS) is 22.0. The lowest BCUT2D eigenvalue weighted by molar-refractivity contribution is 0.275. The van der Waals surface area contributed by atoms with Gasteiger partial charge in [0.2, 0.25) is 0 Å². The SMILES string of the molecule is Fc1c(C2CCC2)ncnc1N1CCC(F)CC1. The Morgan fingerprint density at radius 2 is 1.83 bits per heavy atom. The Morgan fingerprint density at radius 1 is 1.11 bits per heavy atom. The number of anilines is 1. The number of hydrogen-bond acceptors (Lipinski definition) is 3. The van der Waals surface area contributed by atoms with Crippen LogP contribution in [-0.4, -0.2) is 29.2 Å². The molecule has 1 aliphatic heterocycles. The Labute approximate surface area is 105 Å². The molecule has 2 fully saturated rings. The first-order valence-electron chi connectivity index (χ1n) is 6.65. The van der Waals surface area contributed by atoms with Crippen LogP contribution in [0.3, 0.4) is 0 Å². The molecule has 0 unspecified atom stereocenters. The Balaban J connectivity index is 1.83. The zero-order valence-corrected chi connectivity index (χ0v) is 10.3. The minimum atomic E-state index is -0.753. The van der Waals surface area contributed by atoms with E-state index >= 15 is 0 Å². The van der Waals surface area contributed by atoms with Gasteiger partial charge in [0, 0.05) is 19.0 Å². The van der Waals surface area contributed by atoms with E-state index in [2.05, 4.69) is 9.97 Å². The summed E-state index contributed by atoms with van der Waals surface area (Å²) in [6.07, 6.45) is 4.78. The Bertz CT molecular complexity index is 426. The standard InChI is InChI=1S/C13H17F2N3/c14-10-4-6-18(7-5-10)13-11(15)12(16-8-17-13)9-2-1-3-9/h8-10H,1-7H2. The maximum atomic E-state index is 14.4. The van der Waals surface area contributed by atoms with Crippen molar-refractivity contribution in [1.29, 1.82) is 0 Å². The number of rotatable bonds is 2. The quantitative estimate of drug-likeness (QED) is 0.811. The summed E-state index contributed by atoms with van der Waals surface area (Å²) in [5.74, 6) is 0.323. The van der Waals surface area contributed by atoms with E-state index in [0.29, 0.717) is 37.4 Å². The van der Waals surface area contributed by atoms with E-state index in [1.807, 2.05) is 4.90 Å². The summed E-state index contributed by atoms with van der Waals surface area (Å²) in [6, 6.07) is 0. The van der Waals surface area contributed by atoms with Crippen LogP contribution in [0.15, 0.2) is 6.33 Å². The Kier molecular flexibility index (Phi) is 3.14. The molecule has 3 rings (SSSR count). The molecule has 0 atom stereocenters. The molecule has 18 heavy (non-hydrogen) atoms. The van der Waals surface area contributed by atoms with Crippen molar-refractivity contribution in [1.82, 2.24) is 9.97 Å². The van der Waals surface area contributed by atoms with Gasteiger partial charge in [-0.1, -0.05) is 6.42 Å². The number of nitrogens with zero attached hydrogens (tertiary/aromatic N) is 3. The molecule has 1 aromatic rings. The third-order valence-electron chi connectivity index (χ3n) is 4.01. The van der Waals surface area contributed by atoms with Crippen molar-refractivity contribution in [3.05, 3.63) is 17.8 Å². The smallest absolute Gasteiger partial charge is 0.187 e. The summed E-state index contributed by atoms with van der Waals surface area (Å²) in [5.41, 5.74) is 0.550. The van der Waals surface area contributed by atoms with Crippen LogP contribution in [0.5, 0.6) is 0 Å². The largest absolute Gasteiger partial charge is 0.354 e. The van der Waals surface area contributed by atoms with Crippen molar-refractivity contribution in [2.75, 3.05) is 18.0 Å². The highest BCUT2D eigenvalue weighted by Crippen LogP contribution is 2.38. The van der Waals surface area contributed by atoms with Crippen LogP contribution in [0.4, 0.5) is 14.6 Å². The highest BCUT2D eigenvalue weighted by atomic mass is 19.1. The molecule has 0 aromatic carbocycles. The van der Waals surface area contributed by atoms with Gasteiger partial charge in [-0.15, -0.1) is 0 Å². The summed E-state index contributed by atoms with van der Waals surface area (Å²) in [7, 11) is 0. The lowest BCUT2D eigenvalue weighted by Crippen LogP contribution is -2.36. The van der Waals surface area contributed by atoms with Crippen molar-refractivity contribution < 1.29 is 8.78 Å². The molecule has 0 bridgehead atoms. The van der Waals surface area contributed by atoms with Crippen LogP contribution in [0.1, 0.15) is 43.7 Å². The summed E-state index contributed by atoms with van der Waals surface area (Å²) >= 11 is 0. The summed E-state index contributed by atoms with van der Waals surface area (Å²) in [4.78, 5) is 9.97. The number of halogens is 2. The Morgan fingerprint density at radius 3 is 2.44 bits per heavy atom. The minimum Gasteiger partial charge on any atom is -0.354 e. The second-order valence-corrected chi connectivity index (χ2v) is 5.19. The average molecular weight is 253 g/mol. The molecule has 0 N–H and O–H groups in total. The molecule has 98 valence electrons. The van der Waals surface area contributed by atoms with Gasteiger partial charge in [-0.05, 0) is 25.7 Å². The van der Waals surface area contributed by atoms with Crippen molar-refractivity contribution in [3.8, 4) is 0 Å². The molecule has 2 aliphatic rings. The molecular formula is C13H17F2N3. The van der Waals surface area contributed by atoms with Crippen molar-refractivity contribution in [2.45, 2.75) is 44.2 Å². The van der Waals surface area contributed by atoms with Crippen LogP contribution in [0.25, 0.3) is 0 Å². The predicted molar refractivity (Wildman–Crippen MR) is 64.9 cm³/mol. The van der Waals surface area contributed by atoms with Gasteiger partial charge in [0.05, 0.1) is 5.69 Å². The molecule has 3 nitrogen and oxygen atoms in total. The van der Waals surface area contributed by atoms with Gasteiger partial charge in [0.1, 0.15) is 12.5 Å². The number of aromatic nitrogens is 2. The fourth-order valence-electron chi connectivity index (χ4n) is 2.62. The van der Waals surface area contributed by atoms with E-state index in [-0.39, 0.29) is 11.7 Å². The van der Waals surface area contributed by atoms with Crippen molar-refractivity contribution >= 4 is 5.82 Å². The number of hydrogen-bond donors (Lipinski definition) is 0. The zero-order chi connectivity index (χ0) is 12.5. The van der Waals surface area contributed by atoms with Gasteiger partial charge < -0.3 is 4.90 Å². The van der Waals surface area contributed by atoms with E-state index < -0.39 is 6.17 Å². The molecule has 1 saturated heterocycles. The second-order valence-electron chi connectivity index (χ2n) is 5.19. The molecule has 0 radical (unpaired) electrons. The highest BCUT2D eigenvalue weighted by Gasteiger charge is 2.28. The van der Waals surface area contributed by atoms with Gasteiger partial charge in [-0.25, -0.2) is 18.7 Å². The fraction of sp³-hybridized carbons (Fsp3) is 0.692. The molecule has 1 aliphatic carbocycles. The zero-order valence-electron chi connectivity index (χ0n) is 10.3. The van der Waals surface area contributed by atoms with Gasteiger partial charge in [-0.3, -0.25) is 0 Å². The maximum absolute atomic E-state index is 14.4. The van der Waals surface area contributed by atoms with Gasteiger partial charge >= 0.3 is 0 Å². The first-order chi connectivity index (χ1) is 8.75. The van der Waals surface area contributed by atoms with Gasteiger partial charge in [0.25, 0.3) is 0 Å². The van der Waals surface area contributed by atoms with Crippen molar-refractivity contribution in [3.63, 3.8) is 0 Å². The third kappa shape index (κ3) is 2.06. The van der Waals surface area contributed by atoms with Gasteiger partial charge in [-0.2, -0.15) is 0 Å². The monoisotopic (exact) mass is 253 g/mol. The summed E-state index contributed by atoms with van der Waals surface area (Å²) in [5, 5.41) is 0. The number of piperidine rings is 1. The minimum absolute atomic E-state index is 0.255. The third-order valence-corrected chi connectivity index (χ3v) is 4.01. The van der Waals surface area contributed by atoms with E-state index in [9.17, 15) is 8.78 Å². The molecular weight excluding hydrogens is 236 g/mol. The van der Waals surface area contributed by atoms with Crippen molar-refractivity contribution in [2.24, 2.45) is 0 Å². The first kappa shape index (κ1) is 11.8. The highest BCUT2D eigenvalue weighted by molar-refractivity contribution is 5.42. The first-order valence-corrected chi connectivity index (χ1v) is 6.65. The molecule has 2 heterocycles. The van der Waals surface area contributed by atoms with Gasteiger partial charge in [0.15, 0.2) is 11.6 Å². The molecule has 1 aromatic heterocycles. The molecule has 0 spiro atoms. The summed E-state index contributed by atoms with van der Waals surface area (Å²) in [6.45, 7) is 1.08. The summed E-state index contributed by atoms with van der Waals surface area (Å²) < 4.78 is 27.5. The van der Waals surface area contributed by atoms with E-state index in [4.69, 9.17) is 0 Å². The second kappa shape index (κ2) is 4.78. The van der Waals surface area contributed by atoms with E-state index in [1.165, 1.54) is 6.33 Å². The van der Waals surface area contributed by atoms with Crippen LogP contribution in [-0.2, 0) is 0 Å². The van der Waals surface area contributed by atoms with Crippen LogP contribution < -0.4 is 4.90 Å². The van der Waals surface area contributed by atoms with E-state index in [0.717, 1.165) is 19.3 Å². The lowest BCUT2D eigenvalue weighted by Gasteiger charge is -2.31. The predicted octanol–water partition coefficient (Wildman–Crippen LogP) is 2.82. The molecule has 1 saturated carbocycles. The number of alkyl halides is 1. The molecule has 0 amide bonds. The molecule has 5 heteroatoms. The Hall–Kier alpha value is -1.26. The fourth-order valence-corrected chi connectivity index (χ4v) is 2.62. The van der Waals surface area contributed by atoms with E-state index in [1.54, 1.807) is 0 Å². The average Bonchev–Trinajstić information content (AvgIpc) is 2.31. The lowest BCUT2D eigenvalue weighted by atomic mass is 9.82. The van der Waals surface area contributed by atoms with Crippen LogP contribution in [0.2, 0.25) is 0 Å². The topological polar surface area (TPSA) is 29.0 Å². The van der Waals surface area contributed by atoms with Crippen LogP contribution >= 0.6 is 0 Å². The van der Waals surface area contributed by atoms with Crippen LogP contribution in [0, 0.1) is 5.82 Å².